The van der Waals surface area contributed by atoms with Crippen LogP contribution in [0.1, 0.15) is 47.6 Å². The molecule has 0 fully saturated rings. The Bertz CT molecular complexity index is 698. The smallest absolute Gasteiger partial charge is 0.127 e. The highest BCUT2D eigenvalue weighted by molar-refractivity contribution is 5.64. The molecule has 0 saturated heterocycles. The van der Waals surface area contributed by atoms with Crippen molar-refractivity contribution >= 4 is 5.69 Å². The molecule has 0 spiro atoms. The summed E-state index contributed by atoms with van der Waals surface area (Å²) in [7, 11) is 0. The van der Waals surface area contributed by atoms with Gasteiger partial charge in [-0.05, 0) is 57.4 Å². The first-order valence-electron chi connectivity index (χ1n) is 7.46. The zero-order chi connectivity index (χ0) is 15.4. The Labute approximate surface area is 126 Å². The molecule has 110 valence electrons. The van der Waals surface area contributed by atoms with Crippen LogP contribution in [0.5, 0.6) is 5.75 Å². The van der Waals surface area contributed by atoms with Crippen molar-refractivity contribution in [3.8, 4) is 5.75 Å². The summed E-state index contributed by atoms with van der Waals surface area (Å²) in [6.45, 7) is 10.6. The van der Waals surface area contributed by atoms with Gasteiger partial charge < -0.3 is 10.5 Å². The third-order valence-electron chi connectivity index (χ3n) is 4.69. The van der Waals surface area contributed by atoms with Crippen LogP contribution in [0.15, 0.2) is 30.3 Å². The Kier molecular flexibility index (Phi) is 3.01. The molecular weight excluding hydrogens is 258 g/mol. The average Bonchev–Trinajstić information content (AvgIpc) is 2.69. The Morgan fingerprint density at radius 1 is 1.00 bits per heavy atom. The molecule has 1 heterocycles. The number of fused-ring (bicyclic) bond motifs is 1. The molecule has 1 aliphatic heterocycles. The summed E-state index contributed by atoms with van der Waals surface area (Å²) in [6, 6.07) is 10.8. The summed E-state index contributed by atoms with van der Waals surface area (Å²) in [5, 5.41) is 0. The highest BCUT2D eigenvalue weighted by Gasteiger charge is 2.43. The van der Waals surface area contributed by atoms with Crippen molar-refractivity contribution < 1.29 is 4.74 Å². The number of aryl methyl sites for hydroxylation is 1. The van der Waals surface area contributed by atoms with Gasteiger partial charge in [0.05, 0.1) is 5.92 Å². The van der Waals surface area contributed by atoms with Crippen LogP contribution >= 0.6 is 0 Å². The van der Waals surface area contributed by atoms with Gasteiger partial charge in [0, 0.05) is 11.3 Å². The van der Waals surface area contributed by atoms with Gasteiger partial charge in [-0.25, -0.2) is 0 Å². The molecule has 0 saturated carbocycles. The van der Waals surface area contributed by atoms with E-state index in [1.807, 2.05) is 0 Å². The molecule has 2 aromatic carbocycles. The number of hydrogen-bond donors (Lipinski definition) is 1. The van der Waals surface area contributed by atoms with Crippen LogP contribution in [0.25, 0.3) is 0 Å². The predicted molar refractivity (Wildman–Crippen MR) is 88.1 cm³/mol. The van der Waals surface area contributed by atoms with Crippen molar-refractivity contribution in [2.45, 2.75) is 46.1 Å². The van der Waals surface area contributed by atoms with Crippen molar-refractivity contribution in [3.05, 3.63) is 58.1 Å². The highest BCUT2D eigenvalue weighted by Crippen LogP contribution is 2.51. The van der Waals surface area contributed by atoms with E-state index in [0.29, 0.717) is 0 Å². The fourth-order valence-electron chi connectivity index (χ4n) is 3.33. The van der Waals surface area contributed by atoms with Crippen LogP contribution in [0.3, 0.4) is 0 Å². The van der Waals surface area contributed by atoms with Gasteiger partial charge >= 0.3 is 0 Å². The second-order valence-corrected chi connectivity index (χ2v) is 6.68. The zero-order valence-electron chi connectivity index (χ0n) is 13.4. The van der Waals surface area contributed by atoms with Gasteiger partial charge in [-0.1, -0.05) is 29.8 Å². The quantitative estimate of drug-likeness (QED) is 0.781. The molecule has 2 heteroatoms. The molecule has 2 nitrogen and oxygen atoms in total. The van der Waals surface area contributed by atoms with Crippen molar-refractivity contribution in [3.63, 3.8) is 0 Å². The largest absolute Gasteiger partial charge is 0.486 e. The number of nitrogen functional groups attached to an aromatic ring is 1. The minimum absolute atomic E-state index is 0.217. The van der Waals surface area contributed by atoms with Crippen LogP contribution in [-0.4, -0.2) is 5.60 Å². The monoisotopic (exact) mass is 281 g/mol. The van der Waals surface area contributed by atoms with Crippen LogP contribution in [-0.2, 0) is 0 Å². The first kappa shape index (κ1) is 14.0. The molecule has 1 aliphatic rings. The summed E-state index contributed by atoms with van der Waals surface area (Å²) < 4.78 is 6.30. The van der Waals surface area contributed by atoms with E-state index in [2.05, 4.69) is 65.0 Å². The van der Waals surface area contributed by atoms with Crippen molar-refractivity contribution in [1.82, 2.24) is 0 Å². The summed E-state index contributed by atoms with van der Waals surface area (Å²) in [5.41, 5.74) is 12.8. The van der Waals surface area contributed by atoms with E-state index in [-0.39, 0.29) is 11.5 Å². The predicted octanol–water partition coefficient (Wildman–Crippen LogP) is 4.50. The summed E-state index contributed by atoms with van der Waals surface area (Å²) in [5.74, 6) is 1.23. The first-order chi connectivity index (χ1) is 9.81. The maximum absolute atomic E-state index is 6.30. The number of ether oxygens (including phenoxy) is 1. The number of benzene rings is 2. The molecule has 0 aromatic heterocycles. The third-order valence-corrected chi connectivity index (χ3v) is 4.69. The second kappa shape index (κ2) is 4.52. The van der Waals surface area contributed by atoms with E-state index in [9.17, 15) is 0 Å². The van der Waals surface area contributed by atoms with Crippen molar-refractivity contribution in [2.24, 2.45) is 0 Å². The van der Waals surface area contributed by atoms with E-state index in [1.54, 1.807) is 0 Å². The molecule has 2 aromatic rings. The molecule has 0 amide bonds. The van der Waals surface area contributed by atoms with E-state index in [0.717, 1.165) is 22.6 Å². The van der Waals surface area contributed by atoms with Gasteiger partial charge in [0.2, 0.25) is 0 Å². The number of hydrogen-bond acceptors (Lipinski definition) is 2. The lowest BCUT2D eigenvalue weighted by molar-refractivity contribution is 0.121. The standard InChI is InChI=1S/C19H23NO/c1-11-6-8-14(9-7-11)17-15-10-16(20)12(2)13(3)18(15)21-19(17,4)5/h6-10,17H,20H2,1-5H3. The Balaban J connectivity index is 2.21. The minimum atomic E-state index is -0.261. The van der Waals surface area contributed by atoms with Crippen LogP contribution < -0.4 is 10.5 Å². The lowest BCUT2D eigenvalue weighted by Crippen LogP contribution is -2.31. The SMILES string of the molecule is Cc1ccc(C2c3cc(N)c(C)c(C)c3OC2(C)C)cc1. The van der Waals surface area contributed by atoms with Gasteiger partial charge in [-0.3, -0.25) is 0 Å². The van der Waals surface area contributed by atoms with Crippen LogP contribution in [0.4, 0.5) is 5.69 Å². The van der Waals surface area contributed by atoms with E-state index >= 15 is 0 Å². The Morgan fingerprint density at radius 2 is 1.62 bits per heavy atom. The second-order valence-electron chi connectivity index (χ2n) is 6.68. The molecule has 0 aliphatic carbocycles. The number of anilines is 1. The summed E-state index contributed by atoms with van der Waals surface area (Å²) in [6.07, 6.45) is 0. The van der Waals surface area contributed by atoms with Gasteiger partial charge in [0.15, 0.2) is 0 Å². The van der Waals surface area contributed by atoms with Gasteiger partial charge in [-0.15, -0.1) is 0 Å². The maximum Gasteiger partial charge on any atom is 0.127 e. The highest BCUT2D eigenvalue weighted by atomic mass is 16.5. The molecular formula is C19H23NO. The lowest BCUT2D eigenvalue weighted by atomic mass is 9.80. The van der Waals surface area contributed by atoms with Crippen LogP contribution in [0.2, 0.25) is 0 Å². The van der Waals surface area contributed by atoms with Gasteiger partial charge in [0.25, 0.3) is 0 Å². The minimum Gasteiger partial charge on any atom is -0.486 e. The third kappa shape index (κ3) is 2.10. The topological polar surface area (TPSA) is 35.2 Å². The fourth-order valence-corrected chi connectivity index (χ4v) is 3.33. The van der Waals surface area contributed by atoms with Crippen molar-refractivity contribution in [2.75, 3.05) is 5.73 Å². The molecule has 0 radical (unpaired) electrons. The maximum atomic E-state index is 6.30. The molecule has 0 bridgehead atoms. The van der Waals surface area contributed by atoms with E-state index in [1.165, 1.54) is 16.7 Å². The lowest BCUT2D eigenvalue weighted by Gasteiger charge is -2.27. The summed E-state index contributed by atoms with van der Waals surface area (Å²) >= 11 is 0. The van der Waals surface area contributed by atoms with E-state index < -0.39 is 0 Å². The normalized spacial score (nSPS) is 19.2. The summed E-state index contributed by atoms with van der Waals surface area (Å²) in [4.78, 5) is 0. The van der Waals surface area contributed by atoms with Gasteiger partial charge in [-0.2, -0.15) is 0 Å². The fraction of sp³-hybridized carbons (Fsp3) is 0.368. The van der Waals surface area contributed by atoms with Gasteiger partial charge in [0.1, 0.15) is 11.4 Å². The molecule has 1 unspecified atom stereocenters. The average molecular weight is 281 g/mol. The number of rotatable bonds is 1. The molecule has 2 N–H and O–H groups in total. The molecule has 1 atom stereocenters. The zero-order valence-corrected chi connectivity index (χ0v) is 13.4. The first-order valence-corrected chi connectivity index (χ1v) is 7.46. The van der Waals surface area contributed by atoms with E-state index in [4.69, 9.17) is 10.5 Å². The Morgan fingerprint density at radius 3 is 2.24 bits per heavy atom. The van der Waals surface area contributed by atoms with Crippen LogP contribution in [0, 0.1) is 20.8 Å². The molecule has 3 rings (SSSR count). The van der Waals surface area contributed by atoms with Crippen molar-refractivity contribution in [1.29, 1.82) is 0 Å². The number of nitrogens with two attached hydrogens (primary N) is 1. The molecule has 21 heavy (non-hydrogen) atoms. The Hall–Kier alpha value is -1.96.